The smallest absolute Gasteiger partial charge is 0.279 e. The van der Waals surface area contributed by atoms with Crippen LogP contribution in [-0.2, 0) is 10.2 Å². The van der Waals surface area contributed by atoms with E-state index in [1.807, 2.05) is 0 Å². The molecule has 98 valence electrons. The average molecular weight is 272 g/mol. The Bertz CT molecular complexity index is 309. The highest BCUT2D eigenvalue weighted by Crippen LogP contribution is 2.29. The number of hydrogen-bond donors (Lipinski definition) is 2. The molecule has 0 radical (unpaired) electrons. The first kappa shape index (κ1) is 16.1. The van der Waals surface area contributed by atoms with Gasteiger partial charge in [0.25, 0.3) is 10.2 Å². The summed E-state index contributed by atoms with van der Waals surface area (Å²) < 4.78 is 27.3. The number of nitrogens with zero attached hydrogens (tertiary/aromatic N) is 1. The Morgan fingerprint density at radius 1 is 1.44 bits per heavy atom. The maximum absolute atomic E-state index is 11.7. The van der Waals surface area contributed by atoms with Gasteiger partial charge in [-0.1, -0.05) is 0 Å². The number of halogens is 1. The maximum Gasteiger partial charge on any atom is 0.279 e. The summed E-state index contributed by atoms with van der Waals surface area (Å²) in [5, 5.41) is 0. The summed E-state index contributed by atoms with van der Waals surface area (Å²) in [7, 11) is -1.74. The average Bonchev–Trinajstić information content (AvgIpc) is 2.83. The highest BCUT2D eigenvalue weighted by Gasteiger charge is 2.28. The monoisotopic (exact) mass is 271 g/mol. The third-order valence-electron chi connectivity index (χ3n) is 2.33. The molecular weight excluding hydrogens is 250 g/mol. The van der Waals surface area contributed by atoms with Crippen molar-refractivity contribution in [1.82, 2.24) is 9.03 Å². The van der Waals surface area contributed by atoms with Gasteiger partial charge in [0.1, 0.15) is 0 Å². The fourth-order valence-electron chi connectivity index (χ4n) is 1.15. The molecule has 0 aromatic heterocycles. The van der Waals surface area contributed by atoms with E-state index in [-0.39, 0.29) is 19.0 Å². The van der Waals surface area contributed by atoms with Crippen molar-refractivity contribution in [3.63, 3.8) is 0 Å². The van der Waals surface area contributed by atoms with Crippen LogP contribution in [-0.4, -0.2) is 38.4 Å². The highest BCUT2D eigenvalue weighted by molar-refractivity contribution is 7.87. The summed E-state index contributed by atoms with van der Waals surface area (Å²) in [6.07, 6.45) is 2.28. The van der Waals surface area contributed by atoms with Crippen molar-refractivity contribution in [3.8, 4) is 0 Å². The summed E-state index contributed by atoms with van der Waals surface area (Å²) in [5.41, 5.74) is 5.19. The van der Waals surface area contributed by atoms with Crippen molar-refractivity contribution in [2.24, 2.45) is 11.7 Å². The SMILES string of the molecule is CN(CC1CC1)S(=O)(=O)NCC(C)(C)N.Cl. The van der Waals surface area contributed by atoms with Crippen LogP contribution < -0.4 is 10.5 Å². The molecule has 1 fully saturated rings. The molecule has 1 aliphatic carbocycles. The minimum atomic E-state index is -3.35. The van der Waals surface area contributed by atoms with E-state index in [2.05, 4.69) is 4.72 Å². The zero-order valence-corrected chi connectivity index (χ0v) is 11.7. The van der Waals surface area contributed by atoms with Crippen molar-refractivity contribution in [2.75, 3.05) is 20.1 Å². The molecule has 0 spiro atoms. The van der Waals surface area contributed by atoms with Crippen LogP contribution in [0.25, 0.3) is 0 Å². The van der Waals surface area contributed by atoms with E-state index < -0.39 is 15.7 Å². The Kier molecular flexibility index (Phi) is 5.68. The van der Waals surface area contributed by atoms with Crippen LogP contribution >= 0.6 is 12.4 Å². The lowest BCUT2D eigenvalue weighted by Gasteiger charge is -2.22. The molecule has 16 heavy (non-hydrogen) atoms. The van der Waals surface area contributed by atoms with Crippen LogP contribution in [0.1, 0.15) is 26.7 Å². The topological polar surface area (TPSA) is 75.4 Å². The molecule has 0 unspecified atom stereocenters. The van der Waals surface area contributed by atoms with Crippen LogP contribution in [0.4, 0.5) is 0 Å². The van der Waals surface area contributed by atoms with E-state index >= 15 is 0 Å². The lowest BCUT2D eigenvalue weighted by molar-refractivity contribution is 0.428. The van der Waals surface area contributed by atoms with E-state index in [1.165, 1.54) is 4.31 Å². The molecule has 0 bridgehead atoms. The number of hydrogen-bond acceptors (Lipinski definition) is 3. The lowest BCUT2D eigenvalue weighted by atomic mass is 10.1. The van der Waals surface area contributed by atoms with E-state index in [9.17, 15) is 8.42 Å². The fourth-order valence-corrected chi connectivity index (χ4v) is 2.33. The van der Waals surface area contributed by atoms with Crippen molar-refractivity contribution < 1.29 is 8.42 Å². The minimum absolute atomic E-state index is 0. The van der Waals surface area contributed by atoms with Crippen LogP contribution in [0.2, 0.25) is 0 Å². The predicted molar refractivity (Wildman–Crippen MR) is 67.8 cm³/mol. The van der Waals surface area contributed by atoms with E-state index in [0.29, 0.717) is 12.5 Å². The third-order valence-corrected chi connectivity index (χ3v) is 3.81. The van der Waals surface area contributed by atoms with E-state index in [4.69, 9.17) is 5.73 Å². The van der Waals surface area contributed by atoms with Gasteiger partial charge < -0.3 is 5.73 Å². The van der Waals surface area contributed by atoms with Gasteiger partial charge in [-0.05, 0) is 32.6 Å². The summed E-state index contributed by atoms with van der Waals surface area (Å²) in [6.45, 7) is 4.44. The van der Waals surface area contributed by atoms with Gasteiger partial charge >= 0.3 is 0 Å². The predicted octanol–water partition coefficient (Wildman–Crippen LogP) is 0.322. The molecule has 5 nitrogen and oxygen atoms in total. The first-order chi connectivity index (χ1) is 6.71. The number of nitrogens with two attached hydrogens (primary N) is 1. The second-order valence-corrected chi connectivity index (χ2v) is 6.90. The zero-order valence-electron chi connectivity index (χ0n) is 10.1. The number of nitrogens with one attached hydrogen (secondary N) is 1. The molecule has 0 atom stereocenters. The first-order valence-corrected chi connectivity index (χ1v) is 6.64. The van der Waals surface area contributed by atoms with Gasteiger partial charge in [0, 0.05) is 25.7 Å². The normalized spacial score (nSPS) is 17.3. The van der Waals surface area contributed by atoms with Gasteiger partial charge in [-0.3, -0.25) is 0 Å². The van der Waals surface area contributed by atoms with Crippen LogP contribution in [0.3, 0.4) is 0 Å². The first-order valence-electron chi connectivity index (χ1n) is 5.20. The largest absolute Gasteiger partial charge is 0.324 e. The van der Waals surface area contributed by atoms with Gasteiger partial charge in [-0.2, -0.15) is 12.7 Å². The van der Waals surface area contributed by atoms with Gasteiger partial charge in [0.05, 0.1) is 0 Å². The molecule has 1 saturated carbocycles. The summed E-state index contributed by atoms with van der Waals surface area (Å²) in [6, 6.07) is 0. The molecule has 0 aromatic carbocycles. The van der Waals surface area contributed by atoms with Crippen molar-refractivity contribution in [3.05, 3.63) is 0 Å². The standard InChI is InChI=1S/C9H21N3O2S.ClH/c1-9(2,10)7-11-15(13,14)12(3)6-8-4-5-8;/h8,11H,4-7,10H2,1-3H3;1H. The van der Waals surface area contributed by atoms with Crippen LogP contribution in [0.5, 0.6) is 0 Å². The molecule has 1 aliphatic rings. The van der Waals surface area contributed by atoms with Gasteiger partial charge in [0.2, 0.25) is 0 Å². The van der Waals surface area contributed by atoms with Gasteiger partial charge in [0.15, 0.2) is 0 Å². The molecular formula is C9H22ClN3O2S. The summed E-state index contributed by atoms with van der Waals surface area (Å²) >= 11 is 0. The van der Waals surface area contributed by atoms with Crippen LogP contribution in [0, 0.1) is 5.92 Å². The lowest BCUT2D eigenvalue weighted by Crippen LogP contribution is -2.49. The second kappa shape index (κ2) is 5.64. The molecule has 3 N–H and O–H groups in total. The molecule has 0 aliphatic heterocycles. The summed E-state index contributed by atoms with van der Waals surface area (Å²) in [5.74, 6) is 0.553. The molecule has 0 heterocycles. The Hall–Kier alpha value is 0.120. The van der Waals surface area contributed by atoms with Crippen molar-refractivity contribution >= 4 is 22.6 Å². The second-order valence-electron chi connectivity index (χ2n) is 5.04. The van der Waals surface area contributed by atoms with E-state index in [0.717, 1.165) is 12.8 Å². The third kappa shape index (κ3) is 6.00. The molecule has 0 aromatic rings. The molecule has 1 rings (SSSR count). The van der Waals surface area contributed by atoms with Crippen molar-refractivity contribution in [1.29, 1.82) is 0 Å². The highest BCUT2D eigenvalue weighted by atomic mass is 35.5. The van der Waals surface area contributed by atoms with Gasteiger partial charge in [-0.15, -0.1) is 12.4 Å². The fraction of sp³-hybridized carbons (Fsp3) is 1.00. The maximum atomic E-state index is 11.7. The quantitative estimate of drug-likeness (QED) is 0.731. The zero-order chi connectivity index (χ0) is 11.7. The Balaban J connectivity index is 0.00000225. The van der Waals surface area contributed by atoms with Gasteiger partial charge in [-0.25, -0.2) is 4.72 Å². The minimum Gasteiger partial charge on any atom is -0.324 e. The molecule has 7 heteroatoms. The van der Waals surface area contributed by atoms with Crippen LogP contribution in [0.15, 0.2) is 0 Å². The summed E-state index contributed by atoms with van der Waals surface area (Å²) in [4.78, 5) is 0. The molecule has 0 saturated heterocycles. The Labute approximate surface area is 104 Å². The Morgan fingerprint density at radius 2 is 1.94 bits per heavy atom. The number of rotatable bonds is 6. The van der Waals surface area contributed by atoms with E-state index in [1.54, 1.807) is 20.9 Å². The molecule has 0 amide bonds. The Morgan fingerprint density at radius 3 is 2.31 bits per heavy atom. The van der Waals surface area contributed by atoms with Crippen molar-refractivity contribution in [2.45, 2.75) is 32.2 Å².